The van der Waals surface area contributed by atoms with Gasteiger partial charge in [0.2, 0.25) is 15.9 Å². The topological polar surface area (TPSA) is 101 Å². The first-order valence-corrected chi connectivity index (χ1v) is 8.13. The van der Waals surface area contributed by atoms with Gasteiger partial charge in [0.25, 0.3) is 0 Å². The minimum atomic E-state index is -3.69. The Hall–Kier alpha value is -1.44. The van der Waals surface area contributed by atoms with Crippen LogP contribution in [0.1, 0.15) is 19.3 Å². The highest BCUT2D eigenvalue weighted by molar-refractivity contribution is 7.89. The summed E-state index contributed by atoms with van der Waals surface area (Å²) >= 11 is 0. The van der Waals surface area contributed by atoms with Crippen LogP contribution in [0.15, 0.2) is 29.2 Å². The number of nitrogens with two attached hydrogens (primary N) is 1. The third kappa shape index (κ3) is 4.29. The highest BCUT2D eigenvalue weighted by Gasteiger charge is 2.16. The Morgan fingerprint density at radius 1 is 1.35 bits per heavy atom. The summed E-state index contributed by atoms with van der Waals surface area (Å²) < 4.78 is 22.2. The number of carbonyl (C=O) groups excluding carboxylic acids is 1. The minimum absolute atomic E-state index is 0.0342. The molecule has 0 aromatic heterocycles. The Morgan fingerprint density at radius 2 is 2.05 bits per heavy atom. The Kier molecular flexibility index (Phi) is 4.74. The van der Waals surface area contributed by atoms with Crippen LogP contribution >= 0.6 is 0 Å². The predicted molar refractivity (Wildman–Crippen MR) is 76.7 cm³/mol. The highest BCUT2D eigenvalue weighted by atomic mass is 32.2. The molecule has 4 N–H and O–H groups in total. The van der Waals surface area contributed by atoms with Gasteiger partial charge in [-0.1, -0.05) is 0 Å². The molecular weight excluding hydrogens is 278 g/mol. The van der Waals surface area contributed by atoms with Crippen molar-refractivity contribution in [3.63, 3.8) is 0 Å². The standard InChI is InChI=1S/C13H19N3O3S/c14-20(18,19)12-5-3-11(4-6-12)16-13(17)8-10-2-1-7-15-9-10/h3-6,10,15H,1-2,7-9H2,(H,16,17)(H2,14,18,19). The molecule has 20 heavy (non-hydrogen) atoms. The lowest BCUT2D eigenvalue weighted by atomic mass is 9.96. The predicted octanol–water partition coefficient (Wildman–Crippen LogP) is 0.662. The Labute approximate surface area is 118 Å². The van der Waals surface area contributed by atoms with Crippen molar-refractivity contribution in [3.05, 3.63) is 24.3 Å². The van der Waals surface area contributed by atoms with E-state index in [1.807, 2.05) is 0 Å². The van der Waals surface area contributed by atoms with Gasteiger partial charge in [-0.25, -0.2) is 13.6 Å². The van der Waals surface area contributed by atoms with Gasteiger partial charge in [0.05, 0.1) is 4.90 Å². The van der Waals surface area contributed by atoms with Crippen molar-refractivity contribution < 1.29 is 13.2 Å². The average Bonchev–Trinajstić information content (AvgIpc) is 2.39. The van der Waals surface area contributed by atoms with E-state index in [1.165, 1.54) is 24.3 Å². The number of primary sulfonamides is 1. The molecule has 1 amide bonds. The number of hydrogen-bond acceptors (Lipinski definition) is 4. The van der Waals surface area contributed by atoms with Crippen LogP contribution in [0.5, 0.6) is 0 Å². The quantitative estimate of drug-likeness (QED) is 0.760. The summed E-state index contributed by atoms with van der Waals surface area (Å²) in [5.74, 6) is 0.314. The van der Waals surface area contributed by atoms with Crippen LogP contribution in [0.25, 0.3) is 0 Å². The first kappa shape index (κ1) is 15.0. The van der Waals surface area contributed by atoms with E-state index >= 15 is 0 Å². The van der Waals surface area contributed by atoms with Crippen molar-refractivity contribution >= 4 is 21.6 Å². The maximum atomic E-state index is 11.9. The number of nitrogens with one attached hydrogen (secondary N) is 2. The van der Waals surface area contributed by atoms with Crippen LogP contribution in [0.4, 0.5) is 5.69 Å². The average molecular weight is 297 g/mol. The summed E-state index contributed by atoms with van der Waals surface area (Å²) in [5, 5.41) is 11.0. The van der Waals surface area contributed by atoms with Crippen molar-refractivity contribution in [1.29, 1.82) is 0 Å². The molecule has 1 unspecified atom stereocenters. The maximum Gasteiger partial charge on any atom is 0.238 e. The fourth-order valence-corrected chi connectivity index (χ4v) is 2.82. The van der Waals surface area contributed by atoms with Gasteiger partial charge in [0.15, 0.2) is 0 Å². The molecule has 1 aliphatic rings. The largest absolute Gasteiger partial charge is 0.326 e. The Bertz CT molecular complexity index is 563. The molecule has 2 rings (SSSR count). The molecule has 1 saturated heterocycles. The summed E-state index contributed by atoms with van der Waals surface area (Å²) in [6.07, 6.45) is 2.63. The van der Waals surface area contributed by atoms with E-state index in [9.17, 15) is 13.2 Å². The molecule has 1 aromatic carbocycles. The second-order valence-corrected chi connectivity index (χ2v) is 6.60. The molecule has 1 fully saturated rings. The monoisotopic (exact) mass is 297 g/mol. The molecule has 0 aliphatic carbocycles. The number of sulfonamides is 1. The van der Waals surface area contributed by atoms with E-state index < -0.39 is 10.0 Å². The molecule has 1 heterocycles. The van der Waals surface area contributed by atoms with Crippen molar-refractivity contribution in [3.8, 4) is 0 Å². The van der Waals surface area contributed by atoms with Crippen molar-refractivity contribution in [1.82, 2.24) is 5.32 Å². The molecule has 1 aromatic rings. The molecule has 0 radical (unpaired) electrons. The normalized spacial score (nSPS) is 19.6. The molecule has 1 atom stereocenters. The number of amides is 1. The summed E-state index contributed by atoms with van der Waals surface area (Å²) in [4.78, 5) is 11.9. The first-order chi connectivity index (χ1) is 9.45. The van der Waals surface area contributed by atoms with E-state index in [0.717, 1.165) is 25.9 Å². The van der Waals surface area contributed by atoms with E-state index in [2.05, 4.69) is 10.6 Å². The number of rotatable bonds is 4. The third-order valence-corrected chi connectivity index (χ3v) is 4.27. The smallest absolute Gasteiger partial charge is 0.238 e. The van der Waals surface area contributed by atoms with Crippen LogP contribution in [-0.2, 0) is 14.8 Å². The van der Waals surface area contributed by atoms with Crippen LogP contribution in [0.2, 0.25) is 0 Å². The van der Waals surface area contributed by atoms with Gasteiger partial charge in [-0.05, 0) is 56.1 Å². The second kappa shape index (κ2) is 6.34. The van der Waals surface area contributed by atoms with Crippen LogP contribution in [0, 0.1) is 5.92 Å². The Balaban J connectivity index is 1.91. The lowest BCUT2D eigenvalue weighted by Crippen LogP contribution is -2.32. The molecular formula is C13H19N3O3S. The van der Waals surface area contributed by atoms with Crippen molar-refractivity contribution in [2.75, 3.05) is 18.4 Å². The molecule has 1 aliphatic heterocycles. The second-order valence-electron chi connectivity index (χ2n) is 5.03. The fourth-order valence-electron chi connectivity index (χ4n) is 2.30. The van der Waals surface area contributed by atoms with Gasteiger partial charge in [-0.3, -0.25) is 4.79 Å². The summed E-state index contributed by atoms with van der Waals surface area (Å²) in [7, 11) is -3.69. The lowest BCUT2D eigenvalue weighted by molar-refractivity contribution is -0.117. The van der Waals surface area contributed by atoms with Gasteiger partial charge < -0.3 is 10.6 Å². The third-order valence-electron chi connectivity index (χ3n) is 3.34. The van der Waals surface area contributed by atoms with Crippen LogP contribution < -0.4 is 15.8 Å². The minimum Gasteiger partial charge on any atom is -0.326 e. The first-order valence-electron chi connectivity index (χ1n) is 6.58. The van der Waals surface area contributed by atoms with E-state index in [0.29, 0.717) is 18.0 Å². The van der Waals surface area contributed by atoms with Gasteiger partial charge in [-0.15, -0.1) is 0 Å². The number of anilines is 1. The Morgan fingerprint density at radius 3 is 2.60 bits per heavy atom. The molecule has 110 valence electrons. The summed E-state index contributed by atoms with van der Waals surface area (Å²) in [6, 6.07) is 5.84. The van der Waals surface area contributed by atoms with Crippen LogP contribution in [-0.4, -0.2) is 27.4 Å². The van der Waals surface area contributed by atoms with Gasteiger partial charge in [0, 0.05) is 12.1 Å². The number of carbonyl (C=O) groups is 1. The van der Waals surface area contributed by atoms with Crippen LogP contribution in [0.3, 0.4) is 0 Å². The van der Waals surface area contributed by atoms with Gasteiger partial charge >= 0.3 is 0 Å². The van der Waals surface area contributed by atoms with E-state index in [4.69, 9.17) is 5.14 Å². The highest BCUT2D eigenvalue weighted by Crippen LogP contribution is 2.17. The number of hydrogen-bond donors (Lipinski definition) is 3. The van der Waals surface area contributed by atoms with Gasteiger partial charge in [0.1, 0.15) is 0 Å². The lowest BCUT2D eigenvalue weighted by Gasteiger charge is -2.22. The zero-order valence-electron chi connectivity index (χ0n) is 11.1. The summed E-state index contributed by atoms with van der Waals surface area (Å²) in [6.45, 7) is 1.89. The number of benzene rings is 1. The number of piperidine rings is 1. The van der Waals surface area contributed by atoms with Crippen molar-refractivity contribution in [2.24, 2.45) is 11.1 Å². The summed E-state index contributed by atoms with van der Waals surface area (Å²) in [5.41, 5.74) is 0.575. The molecule has 6 nitrogen and oxygen atoms in total. The molecule has 0 bridgehead atoms. The molecule has 7 heteroatoms. The SMILES string of the molecule is NS(=O)(=O)c1ccc(NC(=O)CC2CCCNC2)cc1. The molecule has 0 spiro atoms. The van der Waals surface area contributed by atoms with Gasteiger partial charge in [-0.2, -0.15) is 0 Å². The fraction of sp³-hybridized carbons (Fsp3) is 0.462. The van der Waals surface area contributed by atoms with Crippen molar-refractivity contribution in [2.45, 2.75) is 24.2 Å². The maximum absolute atomic E-state index is 11.9. The van der Waals surface area contributed by atoms with E-state index in [1.54, 1.807) is 0 Å². The zero-order chi connectivity index (χ0) is 14.6. The zero-order valence-corrected chi connectivity index (χ0v) is 11.9. The van der Waals surface area contributed by atoms with E-state index in [-0.39, 0.29) is 10.8 Å². The molecule has 0 saturated carbocycles.